The molecule has 118 valence electrons. The van der Waals surface area contributed by atoms with E-state index in [-0.39, 0.29) is 6.15 Å². The molecule has 0 saturated heterocycles. The summed E-state index contributed by atoms with van der Waals surface area (Å²) in [6, 6.07) is 16.6. The molecule has 23 heavy (non-hydrogen) atoms. The van der Waals surface area contributed by atoms with E-state index < -0.39 is 0 Å². The minimum atomic E-state index is 0.250. The van der Waals surface area contributed by atoms with Gasteiger partial charge in [0.1, 0.15) is 18.1 Å². The highest BCUT2D eigenvalue weighted by Crippen LogP contribution is 2.56. The van der Waals surface area contributed by atoms with Gasteiger partial charge >= 0.3 is 6.15 Å². The molecule has 0 amide bonds. The van der Waals surface area contributed by atoms with Crippen molar-refractivity contribution in [2.24, 2.45) is 0 Å². The Bertz CT molecular complexity index is 699. The summed E-state index contributed by atoms with van der Waals surface area (Å²) in [5, 5.41) is 0. The fourth-order valence-electron chi connectivity index (χ4n) is 3.05. The number of rotatable bonds is 3. The van der Waals surface area contributed by atoms with Crippen LogP contribution >= 0.6 is 0 Å². The summed E-state index contributed by atoms with van der Waals surface area (Å²) in [5.41, 5.74) is 3.01. The van der Waals surface area contributed by atoms with Crippen LogP contribution in [0.3, 0.4) is 0 Å². The number of fused-ring (bicyclic) bond motifs is 2. The van der Waals surface area contributed by atoms with Gasteiger partial charge in [-0.15, -0.1) is 0 Å². The quantitative estimate of drug-likeness (QED) is 0.870. The predicted octanol–water partition coefficient (Wildman–Crippen LogP) is 3.50. The largest absolute Gasteiger partial charge is 0.493 e. The lowest BCUT2D eigenvalue weighted by atomic mass is 9.90. The molecule has 0 bridgehead atoms. The van der Waals surface area contributed by atoms with Gasteiger partial charge < -0.3 is 9.47 Å². The van der Waals surface area contributed by atoms with E-state index in [0.29, 0.717) is 12.0 Å². The van der Waals surface area contributed by atoms with Gasteiger partial charge in [-0.05, 0) is 30.9 Å². The Morgan fingerprint density at radius 1 is 1.04 bits per heavy atom. The van der Waals surface area contributed by atoms with Crippen LogP contribution in [0, 0.1) is 0 Å². The molecule has 0 atom stereocenters. The molecule has 0 aromatic heterocycles. The molecule has 1 spiro atoms. The molecule has 1 saturated carbocycles. The van der Waals surface area contributed by atoms with Crippen molar-refractivity contribution in [3.8, 4) is 11.5 Å². The van der Waals surface area contributed by atoms with E-state index in [1.54, 1.807) is 0 Å². The molecule has 4 nitrogen and oxygen atoms in total. The van der Waals surface area contributed by atoms with Gasteiger partial charge in [-0.25, -0.2) is 0 Å². The summed E-state index contributed by atoms with van der Waals surface area (Å²) in [4.78, 5) is 16.2. The predicted molar refractivity (Wildman–Crippen MR) is 83.2 cm³/mol. The third-order valence-electron chi connectivity index (χ3n) is 4.46. The summed E-state index contributed by atoms with van der Waals surface area (Å²) in [5.74, 6) is 1.92. The van der Waals surface area contributed by atoms with Gasteiger partial charge in [0.15, 0.2) is 0 Å². The molecule has 4 rings (SSSR count). The minimum Gasteiger partial charge on any atom is -0.493 e. The van der Waals surface area contributed by atoms with Crippen LogP contribution in [0.2, 0.25) is 0 Å². The molecule has 2 aromatic rings. The van der Waals surface area contributed by atoms with Crippen LogP contribution in [0.1, 0.15) is 30.4 Å². The van der Waals surface area contributed by atoms with Crippen molar-refractivity contribution in [1.29, 1.82) is 0 Å². The number of carbonyl (C=O) groups excluding carboxylic acids is 2. The Balaban J connectivity index is 0.000000485. The summed E-state index contributed by atoms with van der Waals surface area (Å²) in [6.45, 7) is 1.44. The van der Waals surface area contributed by atoms with Crippen molar-refractivity contribution in [1.82, 2.24) is 0 Å². The lowest BCUT2D eigenvalue weighted by molar-refractivity contribution is -0.191. The SMILES string of the molecule is O=C=O.c1ccc(COc2ccc3c(c2)OCCC32CC2)cc1. The highest BCUT2D eigenvalue weighted by Gasteiger charge is 2.47. The Kier molecular flexibility index (Phi) is 4.45. The molecule has 0 N–H and O–H groups in total. The fourth-order valence-corrected chi connectivity index (χ4v) is 3.05. The lowest BCUT2D eigenvalue weighted by Gasteiger charge is -2.26. The van der Waals surface area contributed by atoms with Crippen LogP contribution in [-0.2, 0) is 21.6 Å². The van der Waals surface area contributed by atoms with Gasteiger partial charge in [-0.1, -0.05) is 36.4 Å². The highest BCUT2D eigenvalue weighted by atomic mass is 16.5. The highest BCUT2D eigenvalue weighted by molar-refractivity contribution is 5.48. The van der Waals surface area contributed by atoms with E-state index in [0.717, 1.165) is 18.1 Å². The smallest absolute Gasteiger partial charge is 0.373 e. The molecule has 4 heteroatoms. The first-order chi connectivity index (χ1) is 11.3. The lowest BCUT2D eigenvalue weighted by Crippen LogP contribution is -2.19. The van der Waals surface area contributed by atoms with E-state index in [1.165, 1.54) is 30.4 Å². The first-order valence-electron chi connectivity index (χ1n) is 7.71. The Labute approximate surface area is 135 Å². The number of benzene rings is 2. The molecule has 0 radical (unpaired) electrons. The van der Waals surface area contributed by atoms with Crippen molar-refractivity contribution in [2.45, 2.75) is 31.3 Å². The Hall–Kier alpha value is -2.58. The van der Waals surface area contributed by atoms with Crippen molar-refractivity contribution in [2.75, 3.05) is 6.61 Å². The van der Waals surface area contributed by atoms with Gasteiger partial charge in [0.2, 0.25) is 0 Å². The summed E-state index contributed by atoms with van der Waals surface area (Å²) in [7, 11) is 0. The molecule has 2 aliphatic rings. The van der Waals surface area contributed by atoms with Gasteiger partial charge in [-0.3, -0.25) is 0 Å². The average Bonchev–Trinajstić information content (AvgIpc) is 3.35. The molecule has 2 aromatic carbocycles. The fraction of sp³-hybridized carbons (Fsp3) is 0.316. The second kappa shape index (κ2) is 6.67. The van der Waals surface area contributed by atoms with Gasteiger partial charge in [0, 0.05) is 17.0 Å². The number of hydrogen-bond donors (Lipinski definition) is 0. The Morgan fingerprint density at radius 2 is 1.78 bits per heavy atom. The van der Waals surface area contributed by atoms with Crippen molar-refractivity contribution in [3.05, 3.63) is 59.7 Å². The van der Waals surface area contributed by atoms with E-state index in [4.69, 9.17) is 19.1 Å². The van der Waals surface area contributed by atoms with Crippen LogP contribution in [-0.4, -0.2) is 12.8 Å². The molecule has 0 unspecified atom stereocenters. The van der Waals surface area contributed by atoms with Crippen molar-refractivity contribution >= 4 is 6.15 Å². The molecule has 1 fully saturated rings. The standard InChI is InChI=1S/C18H18O2.CO2/c1-2-4-14(5-3-1)13-20-15-6-7-16-17(12-15)19-11-10-18(16)8-9-18;2-1-3/h1-7,12H,8-11,13H2;. The van der Waals surface area contributed by atoms with Crippen LogP contribution < -0.4 is 9.47 Å². The third kappa shape index (κ3) is 3.43. The van der Waals surface area contributed by atoms with Gasteiger partial charge in [-0.2, -0.15) is 9.59 Å². The van der Waals surface area contributed by atoms with E-state index in [1.807, 2.05) is 18.2 Å². The van der Waals surface area contributed by atoms with Crippen molar-refractivity contribution in [3.63, 3.8) is 0 Å². The maximum Gasteiger partial charge on any atom is 0.373 e. The molecular formula is C19H18O4. The van der Waals surface area contributed by atoms with Crippen LogP contribution in [0.4, 0.5) is 0 Å². The second-order valence-electron chi connectivity index (χ2n) is 5.89. The summed E-state index contributed by atoms with van der Waals surface area (Å²) >= 11 is 0. The summed E-state index contributed by atoms with van der Waals surface area (Å²) in [6.07, 6.45) is 4.05. The molecule has 1 aliphatic carbocycles. The first-order valence-corrected chi connectivity index (χ1v) is 7.71. The number of ether oxygens (including phenoxy) is 2. The zero-order valence-corrected chi connectivity index (χ0v) is 12.8. The third-order valence-corrected chi connectivity index (χ3v) is 4.46. The maximum absolute atomic E-state index is 8.12. The topological polar surface area (TPSA) is 52.6 Å². The van der Waals surface area contributed by atoms with E-state index >= 15 is 0 Å². The normalized spacial score (nSPS) is 16.2. The van der Waals surface area contributed by atoms with Gasteiger partial charge in [0.25, 0.3) is 0 Å². The zero-order valence-electron chi connectivity index (χ0n) is 12.8. The Morgan fingerprint density at radius 3 is 2.48 bits per heavy atom. The number of hydrogen-bond acceptors (Lipinski definition) is 4. The summed E-state index contributed by atoms with van der Waals surface area (Å²) < 4.78 is 11.7. The minimum absolute atomic E-state index is 0.250. The van der Waals surface area contributed by atoms with Crippen molar-refractivity contribution < 1.29 is 19.1 Å². The van der Waals surface area contributed by atoms with Crippen LogP contribution in [0.15, 0.2) is 48.5 Å². The molecule has 1 aliphatic heterocycles. The maximum atomic E-state index is 8.12. The zero-order chi connectivity index (χ0) is 16.1. The monoisotopic (exact) mass is 310 g/mol. The average molecular weight is 310 g/mol. The first kappa shape index (κ1) is 15.3. The second-order valence-corrected chi connectivity index (χ2v) is 5.89. The van der Waals surface area contributed by atoms with Crippen LogP contribution in [0.25, 0.3) is 0 Å². The van der Waals surface area contributed by atoms with Crippen LogP contribution in [0.5, 0.6) is 11.5 Å². The van der Waals surface area contributed by atoms with E-state index in [2.05, 4.69) is 30.3 Å². The molecular weight excluding hydrogens is 292 g/mol. The molecule has 1 heterocycles. The van der Waals surface area contributed by atoms with Gasteiger partial charge in [0.05, 0.1) is 6.61 Å². The van der Waals surface area contributed by atoms with E-state index in [9.17, 15) is 0 Å².